The summed E-state index contributed by atoms with van der Waals surface area (Å²) in [5.74, 6) is 1.73. The molecule has 6 rings (SSSR count). The third kappa shape index (κ3) is 2.78. The topological polar surface area (TPSA) is 64.0 Å². The summed E-state index contributed by atoms with van der Waals surface area (Å²) in [4.78, 5) is 16.3. The molecule has 7 heteroatoms. The molecule has 156 valence electrons. The van der Waals surface area contributed by atoms with E-state index in [9.17, 15) is 0 Å². The Kier molecular flexibility index (Phi) is 4.60. The molecule has 4 aliphatic heterocycles. The van der Waals surface area contributed by atoms with Crippen molar-refractivity contribution in [2.24, 2.45) is 23.7 Å². The lowest BCUT2D eigenvalue weighted by Crippen LogP contribution is -2.70. The van der Waals surface area contributed by atoms with Crippen molar-refractivity contribution in [3.05, 3.63) is 18.2 Å². The van der Waals surface area contributed by atoms with Gasteiger partial charge in [0.25, 0.3) is 0 Å². The second kappa shape index (κ2) is 6.77. The maximum absolute atomic E-state index is 6.43. The highest BCUT2D eigenvalue weighted by molar-refractivity contribution is 5.09. The van der Waals surface area contributed by atoms with Gasteiger partial charge in [0.1, 0.15) is 5.82 Å². The second-order valence-electron chi connectivity index (χ2n) is 9.31. The Morgan fingerprint density at radius 3 is 2.86 bits per heavy atom. The molecule has 1 aromatic heterocycles. The van der Waals surface area contributed by atoms with Crippen molar-refractivity contribution in [2.45, 2.75) is 83.9 Å². The summed E-state index contributed by atoms with van der Waals surface area (Å²) in [7, 11) is 0. The van der Waals surface area contributed by atoms with Gasteiger partial charge >= 0.3 is 0 Å². The zero-order chi connectivity index (χ0) is 19.5. The van der Waals surface area contributed by atoms with Gasteiger partial charge in [-0.1, -0.05) is 13.8 Å². The average molecular weight is 392 g/mol. The molecule has 1 unspecified atom stereocenters. The van der Waals surface area contributed by atoms with E-state index in [-0.39, 0.29) is 12.2 Å². The molecule has 1 saturated carbocycles. The first-order valence-corrected chi connectivity index (χ1v) is 10.7. The minimum absolute atomic E-state index is 0.213. The van der Waals surface area contributed by atoms with Crippen LogP contribution in [0, 0.1) is 30.6 Å². The van der Waals surface area contributed by atoms with Crippen LogP contribution in [0.5, 0.6) is 0 Å². The molecule has 8 atom stereocenters. The van der Waals surface area contributed by atoms with Crippen LogP contribution >= 0.6 is 0 Å². The van der Waals surface area contributed by atoms with Crippen LogP contribution in [0.25, 0.3) is 0 Å². The number of nitrogens with zero attached hydrogens (tertiary/aromatic N) is 2. The van der Waals surface area contributed by atoms with E-state index in [0.717, 1.165) is 31.6 Å². The molecule has 0 aromatic carbocycles. The van der Waals surface area contributed by atoms with Gasteiger partial charge in [0.05, 0.1) is 6.61 Å². The summed E-state index contributed by atoms with van der Waals surface area (Å²) in [5.41, 5.74) is -0.520. The van der Waals surface area contributed by atoms with Crippen LogP contribution in [-0.2, 0) is 30.5 Å². The molecule has 1 aromatic rings. The smallest absolute Gasteiger partial charge is 0.201 e. The molecule has 1 spiro atoms. The molecule has 28 heavy (non-hydrogen) atoms. The molecular weight excluding hydrogens is 360 g/mol. The van der Waals surface area contributed by atoms with Crippen LogP contribution in [-0.4, -0.2) is 40.1 Å². The Morgan fingerprint density at radius 2 is 2.07 bits per heavy atom. The lowest BCUT2D eigenvalue weighted by atomic mass is 9.58. The number of ether oxygens (including phenoxy) is 3. The van der Waals surface area contributed by atoms with E-state index in [1.165, 1.54) is 6.42 Å². The predicted octanol–water partition coefficient (Wildman–Crippen LogP) is 3.42. The fraction of sp³-hybridized carbons (Fsp3) is 0.857. The fourth-order valence-electron chi connectivity index (χ4n) is 5.97. The molecule has 0 N–H and O–H groups in total. The predicted molar refractivity (Wildman–Crippen MR) is 99.7 cm³/mol. The maximum Gasteiger partial charge on any atom is 0.201 e. The first kappa shape index (κ1) is 19.0. The van der Waals surface area contributed by atoms with Gasteiger partial charge in [-0.3, -0.25) is 0 Å². The molecule has 7 nitrogen and oxygen atoms in total. The number of imidazole rings is 1. The van der Waals surface area contributed by atoms with E-state index in [4.69, 9.17) is 24.0 Å². The maximum atomic E-state index is 6.43. The van der Waals surface area contributed by atoms with E-state index in [1.807, 2.05) is 26.2 Å². The summed E-state index contributed by atoms with van der Waals surface area (Å²) in [5, 5.41) is 0. The van der Waals surface area contributed by atoms with Crippen LogP contribution in [0.15, 0.2) is 12.4 Å². The van der Waals surface area contributed by atoms with Crippen molar-refractivity contribution < 1.29 is 24.0 Å². The highest BCUT2D eigenvalue weighted by atomic mass is 17.3. The SMILES string of the molecule is Cc1nccn1CCOC1O[C@@H]2O[C@@]3(C)CC[C@H]4[C@H](C)CC[C@@H]([C@H]1C)[C@@]24OO3. The average Bonchev–Trinajstić information content (AvgIpc) is 2.93. The third-order valence-electron chi connectivity index (χ3n) is 7.64. The molecular formula is C21H32N2O5. The standard InChI is InChI=1S/C21H32N2O5/c1-13-5-6-17-14(2)18(24-12-11-23-10-9-22-15(23)3)25-19-21(17)16(13)7-8-20(4,26-19)27-28-21/h9-10,13-14,16-19H,5-8,11-12H2,1-4H3/t13-,14-,16+,17+,18?,19-,20-,21-/m1/s1. The fourth-order valence-corrected chi connectivity index (χ4v) is 5.97. The van der Waals surface area contributed by atoms with E-state index in [1.54, 1.807) is 0 Å². The van der Waals surface area contributed by atoms with E-state index in [2.05, 4.69) is 23.4 Å². The minimum Gasteiger partial charge on any atom is -0.350 e. The van der Waals surface area contributed by atoms with Gasteiger partial charge < -0.3 is 18.8 Å². The van der Waals surface area contributed by atoms with E-state index in [0.29, 0.717) is 24.4 Å². The summed E-state index contributed by atoms with van der Waals surface area (Å²) in [6, 6.07) is 0. The van der Waals surface area contributed by atoms with Crippen molar-refractivity contribution >= 4 is 0 Å². The largest absolute Gasteiger partial charge is 0.350 e. The van der Waals surface area contributed by atoms with E-state index < -0.39 is 17.7 Å². The highest BCUT2D eigenvalue weighted by Crippen LogP contribution is 2.60. The van der Waals surface area contributed by atoms with Gasteiger partial charge in [0, 0.05) is 37.2 Å². The zero-order valence-electron chi connectivity index (χ0n) is 17.3. The molecule has 4 saturated heterocycles. The van der Waals surface area contributed by atoms with Crippen molar-refractivity contribution in [1.29, 1.82) is 0 Å². The Hall–Kier alpha value is -0.990. The molecule has 0 amide bonds. The monoisotopic (exact) mass is 392 g/mol. The Morgan fingerprint density at radius 1 is 1.21 bits per heavy atom. The van der Waals surface area contributed by atoms with Crippen LogP contribution < -0.4 is 0 Å². The Labute approximate surface area is 166 Å². The summed E-state index contributed by atoms with van der Waals surface area (Å²) in [6.45, 7) is 9.84. The quantitative estimate of drug-likeness (QED) is 0.732. The van der Waals surface area contributed by atoms with Gasteiger partial charge in [0.2, 0.25) is 5.79 Å². The van der Waals surface area contributed by atoms with Crippen molar-refractivity contribution in [3.63, 3.8) is 0 Å². The van der Waals surface area contributed by atoms with Crippen LogP contribution in [0.2, 0.25) is 0 Å². The lowest BCUT2D eigenvalue weighted by Gasteiger charge is -2.60. The first-order valence-electron chi connectivity index (χ1n) is 10.7. The number of aryl methyl sites for hydroxylation is 1. The van der Waals surface area contributed by atoms with E-state index >= 15 is 0 Å². The Bertz CT molecular complexity index is 725. The summed E-state index contributed by atoms with van der Waals surface area (Å²) >= 11 is 0. The number of aromatic nitrogens is 2. The molecule has 1 aliphatic carbocycles. The third-order valence-corrected chi connectivity index (χ3v) is 7.64. The minimum atomic E-state index is -0.740. The van der Waals surface area contributed by atoms with Gasteiger partial charge in [-0.25, -0.2) is 14.8 Å². The molecule has 5 heterocycles. The molecule has 2 bridgehead atoms. The lowest BCUT2D eigenvalue weighted by molar-refractivity contribution is -0.577. The summed E-state index contributed by atoms with van der Waals surface area (Å²) < 4.78 is 21.1. The van der Waals surface area contributed by atoms with Gasteiger partial charge in [0.15, 0.2) is 18.2 Å². The normalized spacial score (nSPS) is 47.6. The first-order chi connectivity index (χ1) is 13.4. The van der Waals surface area contributed by atoms with Crippen molar-refractivity contribution in [2.75, 3.05) is 6.61 Å². The molecule has 5 fully saturated rings. The van der Waals surface area contributed by atoms with Gasteiger partial charge in [-0.2, -0.15) is 0 Å². The molecule has 0 radical (unpaired) electrons. The second-order valence-corrected chi connectivity index (χ2v) is 9.31. The molecule has 5 aliphatic rings. The number of hydrogen-bond donors (Lipinski definition) is 0. The van der Waals surface area contributed by atoms with Crippen molar-refractivity contribution in [3.8, 4) is 0 Å². The highest BCUT2D eigenvalue weighted by Gasteiger charge is 2.69. The number of hydrogen-bond acceptors (Lipinski definition) is 6. The van der Waals surface area contributed by atoms with Gasteiger partial charge in [-0.05, 0) is 44.9 Å². The van der Waals surface area contributed by atoms with Crippen LogP contribution in [0.1, 0.15) is 52.3 Å². The zero-order valence-corrected chi connectivity index (χ0v) is 17.3. The van der Waals surface area contributed by atoms with Gasteiger partial charge in [-0.15, -0.1) is 0 Å². The summed E-state index contributed by atoms with van der Waals surface area (Å²) in [6.07, 6.45) is 7.22. The van der Waals surface area contributed by atoms with Crippen LogP contribution in [0.4, 0.5) is 0 Å². The van der Waals surface area contributed by atoms with Crippen molar-refractivity contribution in [1.82, 2.24) is 9.55 Å². The number of fused-ring (bicyclic) bond motifs is 2. The number of rotatable bonds is 4. The Balaban J connectivity index is 1.36. The van der Waals surface area contributed by atoms with Crippen LogP contribution in [0.3, 0.4) is 0 Å².